The largest absolute Gasteiger partial charge is 0.357 e. The summed E-state index contributed by atoms with van der Waals surface area (Å²) in [5.41, 5.74) is -0.218. The molecule has 1 aliphatic rings. The summed E-state index contributed by atoms with van der Waals surface area (Å²) in [6.07, 6.45) is 5.03. The van der Waals surface area contributed by atoms with Crippen LogP contribution in [-0.2, 0) is 4.79 Å². The number of nitrogens with zero attached hydrogens (tertiary/aromatic N) is 2. The smallest absolute Gasteiger partial charge is 0.242 e. The van der Waals surface area contributed by atoms with Gasteiger partial charge in [0.25, 0.3) is 0 Å². The van der Waals surface area contributed by atoms with Gasteiger partial charge in [-0.1, -0.05) is 6.92 Å². The minimum Gasteiger partial charge on any atom is -0.357 e. The first kappa shape index (κ1) is 21.7. The Balaban J connectivity index is 2.23. The first-order valence-corrected chi connectivity index (χ1v) is 9.85. The lowest BCUT2D eigenvalue weighted by atomic mass is 10.0. The van der Waals surface area contributed by atoms with Crippen LogP contribution in [0.5, 0.6) is 0 Å². The molecule has 6 nitrogen and oxygen atoms in total. The van der Waals surface area contributed by atoms with Gasteiger partial charge in [-0.25, -0.2) is 4.99 Å². The van der Waals surface area contributed by atoms with E-state index in [1.54, 1.807) is 0 Å². The van der Waals surface area contributed by atoms with Gasteiger partial charge < -0.3 is 20.9 Å². The highest BCUT2D eigenvalue weighted by molar-refractivity contribution is 5.85. The number of likely N-dealkylation sites (tertiary alicyclic amines) is 1. The van der Waals surface area contributed by atoms with Crippen molar-refractivity contribution in [2.75, 3.05) is 39.3 Å². The monoisotopic (exact) mass is 353 g/mol. The fourth-order valence-electron chi connectivity index (χ4n) is 3.11. The van der Waals surface area contributed by atoms with Crippen molar-refractivity contribution in [3.05, 3.63) is 0 Å². The molecule has 1 saturated heterocycles. The van der Waals surface area contributed by atoms with E-state index in [2.05, 4.69) is 32.8 Å². The number of amides is 1. The van der Waals surface area contributed by atoms with Gasteiger partial charge in [0.15, 0.2) is 5.96 Å². The number of piperidine rings is 1. The number of hydrogen-bond donors (Lipinski definition) is 3. The third-order valence-electron chi connectivity index (χ3n) is 4.17. The predicted octanol–water partition coefficient (Wildman–Crippen LogP) is 1.97. The van der Waals surface area contributed by atoms with Crippen LogP contribution in [0.15, 0.2) is 4.99 Å². The second kappa shape index (κ2) is 11.3. The lowest BCUT2D eigenvalue weighted by molar-refractivity contribution is -0.121. The van der Waals surface area contributed by atoms with Crippen molar-refractivity contribution in [2.24, 2.45) is 10.9 Å². The van der Waals surface area contributed by atoms with Crippen molar-refractivity contribution >= 4 is 11.9 Å². The Morgan fingerprint density at radius 3 is 2.64 bits per heavy atom. The Morgan fingerprint density at radius 2 is 2.00 bits per heavy atom. The summed E-state index contributed by atoms with van der Waals surface area (Å²) in [6.45, 7) is 15.8. The third kappa shape index (κ3) is 11.0. The van der Waals surface area contributed by atoms with Crippen molar-refractivity contribution in [1.29, 1.82) is 0 Å². The standard InChI is InChI=1S/C19H39N5O/c1-6-20-18(22-14-17(25)23-19(3,4)5)21-11-7-8-12-24-13-9-10-16(2)15-24/h16H,6-15H2,1-5H3,(H,23,25)(H2,20,21,22). The fourth-order valence-corrected chi connectivity index (χ4v) is 3.11. The third-order valence-corrected chi connectivity index (χ3v) is 4.17. The maximum absolute atomic E-state index is 11.9. The van der Waals surface area contributed by atoms with E-state index in [0.29, 0.717) is 0 Å². The highest BCUT2D eigenvalue weighted by atomic mass is 16.2. The number of carbonyl (C=O) groups excluding carboxylic acids is 1. The number of unbranched alkanes of at least 4 members (excludes halogenated alkanes) is 1. The number of aliphatic imine (C=N–C) groups is 1. The van der Waals surface area contributed by atoms with Gasteiger partial charge in [0.1, 0.15) is 6.54 Å². The van der Waals surface area contributed by atoms with Crippen molar-refractivity contribution < 1.29 is 4.79 Å². The molecular weight excluding hydrogens is 314 g/mol. The van der Waals surface area contributed by atoms with Gasteiger partial charge in [-0.2, -0.15) is 0 Å². The summed E-state index contributed by atoms with van der Waals surface area (Å²) >= 11 is 0. The maximum atomic E-state index is 11.9. The molecule has 1 amide bonds. The topological polar surface area (TPSA) is 68.8 Å². The van der Waals surface area contributed by atoms with Gasteiger partial charge in [0, 0.05) is 25.2 Å². The number of carbonyl (C=O) groups is 1. The van der Waals surface area contributed by atoms with Crippen LogP contribution in [-0.4, -0.2) is 61.6 Å². The second-order valence-electron chi connectivity index (χ2n) is 8.18. The second-order valence-corrected chi connectivity index (χ2v) is 8.18. The molecule has 1 fully saturated rings. The number of guanidine groups is 1. The van der Waals surface area contributed by atoms with Crippen LogP contribution >= 0.6 is 0 Å². The molecule has 25 heavy (non-hydrogen) atoms. The average Bonchev–Trinajstić information content (AvgIpc) is 2.50. The molecule has 1 rings (SSSR count). The van der Waals surface area contributed by atoms with E-state index in [-0.39, 0.29) is 18.0 Å². The minimum absolute atomic E-state index is 0.0519. The molecule has 146 valence electrons. The Morgan fingerprint density at radius 1 is 1.24 bits per heavy atom. The highest BCUT2D eigenvalue weighted by Gasteiger charge is 2.15. The van der Waals surface area contributed by atoms with E-state index in [4.69, 9.17) is 0 Å². The molecule has 6 heteroatoms. The molecule has 0 saturated carbocycles. The predicted molar refractivity (Wildman–Crippen MR) is 106 cm³/mol. The molecule has 0 aliphatic carbocycles. The summed E-state index contributed by atoms with van der Waals surface area (Å²) in [5, 5.41) is 9.45. The highest BCUT2D eigenvalue weighted by Crippen LogP contribution is 2.15. The van der Waals surface area contributed by atoms with Crippen LogP contribution in [0.2, 0.25) is 0 Å². The molecule has 1 unspecified atom stereocenters. The molecule has 0 aromatic rings. The van der Waals surface area contributed by atoms with Crippen LogP contribution < -0.4 is 16.0 Å². The molecular formula is C19H39N5O. The molecule has 0 spiro atoms. The van der Waals surface area contributed by atoms with Gasteiger partial charge in [0.2, 0.25) is 5.91 Å². The quantitative estimate of drug-likeness (QED) is 0.354. The van der Waals surface area contributed by atoms with Crippen molar-refractivity contribution in [1.82, 2.24) is 20.9 Å². The molecule has 0 bridgehead atoms. The Kier molecular flexibility index (Phi) is 9.86. The van der Waals surface area contributed by atoms with Crippen molar-refractivity contribution in [3.63, 3.8) is 0 Å². The zero-order valence-electron chi connectivity index (χ0n) is 17.0. The minimum atomic E-state index is -0.218. The lowest BCUT2D eigenvalue weighted by Gasteiger charge is -2.30. The average molecular weight is 354 g/mol. The zero-order valence-corrected chi connectivity index (χ0v) is 17.0. The van der Waals surface area contributed by atoms with E-state index in [0.717, 1.165) is 31.4 Å². The van der Waals surface area contributed by atoms with E-state index in [1.807, 2.05) is 27.7 Å². The Bertz CT molecular complexity index is 417. The molecule has 1 heterocycles. The van der Waals surface area contributed by atoms with Gasteiger partial charge in [0.05, 0.1) is 0 Å². The molecule has 0 aromatic carbocycles. The van der Waals surface area contributed by atoms with E-state index < -0.39 is 0 Å². The van der Waals surface area contributed by atoms with Crippen LogP contribution in [0.1, 0.15) is 60.3 Å². The van der Waals surface area contributed by atoms with Gasteiger partial charge in [-0.05, 0) is 72.4 Å². The van der Waals surface area contributed by atoms with Crippen LogP contribution in [0.4, 0.5) is 0 Å². The van der Waals surface area contributed by atoms with Crippen LogP contribution in [0, 0.1) is 5.92 Å². The summed E-state index contributed by atoms with van der Waals surface area (Å²) in [5.74, 6) is 1.51. The SMILES string of the molecule is CCNC(=NCC(=O)NC(C)(C)C)NCCCCN1CCCC(C)C1. The summed E-state index contributed by atoms with van der Waals surface area (Å²) in [6, 6.07) is 0. The summed E-state index contributed by atoms with van der Waals surface area (Å²) in [7, 11) is 0. The fraction of sp³-hybridized carbons (Fsp3) is 0.895. The molecule has 1 atom stereocenters. The maximum Gasteiger partial charge on any atom is 0.242 e. The summed E-state index contributed by atoms with van der Waals surface area (Å²) < 4.78 is 0. The van der Waals surface area contributed by atoms with E-state index >= 15 is 0 Å². The van der Waals surface area contributed by atoms with Gasteiger partial charge in [-0.3, -0.25) is 4.79 Å². The first-order chi connectivity index (χ1) is 11.8. The normalized spacial score (nSPS) is 19.6. The van der Waals surface area contributed by atoms with Crippen molar-refractivity contribution in [3.8, 4) is 0 Å². The van der Waals surface area contributed by atoms with E-state index in [1.165, 1.54) is 38.9 Å². The van der Waals surface area contributed by atoms with E-state index in [9.17, 15) is 4.79 Å². The van der Waals surface area contributed by atoms with Crippen molar-refractivity contribution in [2.45, 2.75) is 65.8 Å². The Labute approximate surface area is 154 Å². The Hall–Kier alpha value is -1.30. The number of rotatable bonds is 8. The zero-order chi connectivity index (χ0) is 18.7. The molecule has 1 aliphatic heterocycles. The molecule has 3 N–H and O–H groups in total. The lowest BCUT2D eigenvalue weighted by Crippen LogP contribution is -2.43. The van der Waals surface area contributed by atoms with Crippen LogP contribution in [0.3, 0.4) is 0 Å². The number of nitrogens with one attached hydrogen (secondary N) is 3. The number of hydrogen-bond acceptors (Lipinski definition) is 3. The van der Waals surface area contributed by atoms with Crippen LogP contribution in [0.25, 0.3) is 0 Å². The molecule has 0 radical (unpaired) electrons. The van der Waals surface area contributed by atoms with Gasteiger partial charge in [-0.15, -0.1) is 0 Å². The van der Waals surface area contributed by atoms with Gasteiger partial charge >= 0.3 is 0 Å². The molecule has 0 aromatic heterocycles. The first-order valence-electron chi connectivity index (χ1n) is 9.85. The summed E-state index contributed by atoms with van der Waals surface area (Å²) in [4.78, 5) is 18.8.